The smallest absolute Gasteiger partial charge is 0.274 e. The van der Waals surface area contributed by atoms with E-state index in [9.17, 15) is 9.59 Å². The fourth-order valence-corrected chi connectivity index (χ4v) is 5.28. The predicted octanol–water partition coefficient (Wildman–Crippen LogP) is 2.52. The monoisotopic (exact) mass is 450 g/mol. The van der Waals surface area contributed by atoms with Crippen molar-refractivity contribution < 1.29 is 9.59 Å². The zero-order valence-electron chi connectivity index (χ0n) is 17.9. The number of aromatic nitrogens is 3. The summed E-state index contributed by atoms with van der Waals surface area (Å²) in [7, 11) is 0. The largest absolute Gasteiger partial charge is 0.342 e. The van der Waals surface area contributed by atoms with E-state index < -0.39 is 0 Å². The molecule has 1 aromatic carbocycles. The van der Waals surface area contributed by atoms with Gasteiger partial charge in [0.05, 0.1) is 16.8 Å². The molecule has 2 fully saturated rings. The standard InChI is InChI=1S/C23H26N6O2S/c30-19(28-10-4-1-5-11-28)16-27-12-14-29(15-13-27)23(31)21-20(24-8-9-25-21)22-26-17-6-2-3-7-18(17)32-22/h2-3,6-9H,1,4-5,10-16H2. The van der Waals surface area contributed by atoms with E-state index in [1.165, 1.54) is 17.8 Å². The number of piperidine rings is 1. The average molecular weight is 451 g/mol. The molecule has 32 heavy (non-hydrogen) atoms. The van der Waals surface area contributed by atoms with Crippen LogP contribution >= 0.6 is 11.3 Å². The Labute approximate surface area is 190 Å². The number of para-hydroxylation sites is 1. The number of amides is 2. The molecule has 0 aliphatic carbocycles. The van der Waals surface area contributed by atoms with E-state index in [0.717, 1.165) is 36.1 Å². The third kappa shape index (κ3) is 4.35. The summed E-state index contributed by atoms with van der Waals surface area (Å²) >= 11 is 1.51. The first kappa shape index (κ1) is 21.0. The fraction of sp³-hybridized carbons (Fsp3) is 0.435. The molecule has 3 aromatic rings. The summed E-state index contributed by atoms with van der Waals surface area (Å²) in [6.45, 7) is 4.69. The lowest BCUT2D eigenvalue weighted by molar-refractivity contribution is -0.133. The maximum Gasteiger partial charge on any atom is 0.274 e. The molecule has 0 bridgehead atoms. The predicted molar refractivity (Wildman–Crippen MR) is 123 cm³/mol. The van der Waals surface area contributed by atoms with Gasteiger partial charge in [-0.25, -0.2) is 15.0 Å². The molecule has 5 rings (SSSR count). The summed E-state index contributed by atoms with van der Waals surface area (Å²) in [6.07, 6.45) is 6.57. The number of benzene rings is 1. The Morgan fingerprint density at radius 1 is 0.875 bits per heavy atom. The van der Waals surface area contributed by atoms with E-state index in [1.807, 2.05) is 34.1 Å². The summed E-state index contributed by atoms with van der Waals surface area (Å²) in [5.41, 5.74) is 1.76. The number of hydrogen-bond donors (Lipinski definition) is 0. The van der Waals surface area contributed by atoms with Gasteiger partial charge in [-0.15, -0.1) is 11.3 Å². The van der Waals surface area contributed by atoms with Crippen LogP contribution in [0, 0.1) is 0 Å². The van der Waals surface area contributed by atoms with Crippen LogP contribution in [-0.4, -0.2) is 87.3 Å². The van der Waals surface area contributed by atoms with Crippen molar-refractivity contribution in [2.75, 3.05) is 45.8 Å². The molecule has 4 heterocycles. The number of rotatable bonds is 4. The Morgan fingerprint density at radius 2 is 1.62 bits per heavy atom. The van der Waals surface area contributed by atoms with Crippen LogP contribution in [0.25, 0.3) is 20.9 Å². The first-order valence-corrected chi connectivity index (χ1v) is 12.0. The Bertz CT molecular complexity index is 1090. The van der Waals surface area contributed by atoms with Gasteiger partial charge in [0, 0.05) is 51.7 Å². The summed E-state index contributed by atoms with van der Waals surface area (Å²) in [4.78, 5) is 45.2. The Morgan fingerprint density at radius 3 is 2.41 bits per heavy atom. The van der Waals surface area contributed by atoms with Crippen molar-refractivity contribution >= 4 is 33.4 Å². The molecule has 2 aliphatic rings. The number of fused-ring (bicyclic) bond motifs is 1. The van der Waals surface area contributed by atoms with Crippen LogP contribution in [0.2, 0.25) is 0 Å². The van der Waals surface area contributed by atoms with Crippen LogP contribution in [0.4, 0.5) is 0 Å². The van der Waals surface area contributed by atoms with Crippen LogP contribution < -0.4 is 0 Å². The average Bonchev–Trinajstić information content (AvgIpc) is 3.29. The molecule has 2 saturated heterocycles. The van der Waals surface area contributed by atoms with E-state index >= 15 is 0 Å². The van der Waals surface area contributed by atoms with Crippen LogP contribution in [0.5, 0.6) is 0 Å². The second-order valence-electron chi connectivity index (χ2n) is 8.25. The van der Waals surface area contributed by atoms with Gasteiger partial charge in [-0.3, -0.25) is 14.5 Å². The zero-order valence-corrected chi connectivity index (χ0v) is 18.8. The van der Waals surface area contributed by atoms with Crippen molar-refractivity contribution in [2.24, 2.45) is 0 Å². The SMILES string of the molecule is O=C(CN1CCN(C(=O)c2nccnc2-c2nc3ccccc3s2)CC1)N1CCCCC1. The van der Waals surface area contributed by atoms with Crippen molar-refractivity contribution in [3.05, 3.63) is 42.4 Å². The number of nitrogens with zero attached hydrogens (tertiary/aromatic N) is 6. The summed E-state index contributed by atoms with van der Waals surface area (Å²) < 4.78 is 1.05. The molecule has 8 nitrogen and oxygen atoms in total. The van der Waals surface area contributed by atoms with Crippen LogP contribution in [0.15, 0.2) is 36.7 Å². The summed E-state index contributed by atoms with van der Waals surface area (Å²) in [5.74, 6) is 0.0749. The van der Waals surface area contributed by atoms with E-state index in [4.69, 9.17) is 0 Å². The van der Waals surface area contributed by atoms with Crippen molar-refractivity contribution in [1.82, 2.24) is 29.7 Å². The molecule has 166 valence electrons. The van der Waals surface area contributed by atoms with Crippen molar-refractivity contribution in [3.63, 3.8) is 0 Å². The van der Waals surface area contributed by atoms with Crippen LogP contribution in [0.3, 0.4) is 0 Å². The Kier molecular flexibility index (Phi) is 6.09. The molecular formula is C23H26N6O2S. The quantitative estimate of drug-likeness (QED) is 0.608. The Hall–Kier alpha value is -2.91. The number of likely N-dealkylation sites (tertiary alicyclic amines) is 1. The third-order valence-corrected chi connectivity index (χ3v) is 7.17. The lowest BCUT2D eigenvalue weighted by Crippen LogP contribution is -2.52. The lowest BCUT2D eigenvalue weighted by atomic mass is 10.1. The van der Waals surface area contributed by atoms with E-state index in [2.05, 4.69) is 19.9 Å². The van der Waals surface area contributed by atoms with Crippen LogP contribution in [-0.2, 0) is 4.79 Å². The minimum atomic E-state index is -0.130. The topological polar surface area (TPSA) is 82.5 Å². The van der Waals surface area contributed by atoms with Crippen molar-refractivity contribution in [3.8, 4) is 10.7 Å². The second-order valence-corrected chi connectivity index (χ2v) is 9.28. The maximum absolute atomic E-state index is 13.3. The molecule has 2 aliphatic heterocycles. The molecule has 9 heteroatoms. The minimum Gasteiger partial charge on any atom is -0.342 e. The van der Waals surface area contributed by atoms with Gasteiger partial charge in [0.2, 0.25) is 5.91 Å². The maximum atomic E-state index is 13.3. The highest BCUT2D eigenvalue weighted by Gasteiger charge is 2.28. The number of carbonyl (C=O) groups excluding carboxylic acids is 2. The molecule has 2 aromatic heterocycles. The van der Waals surface area contributed by atoms with Gasteiger partial charge >= 0.3 is 0 Å². The molecule has 0 saturated carbocycles. The summed E-state index contributed by atoms with van der Waals surface area (Å²) in [5, 5.41) is 0.702. The Balaban J connectivity index is 1.25. The van der Waals surface area contributed by atoms with E-state index in [1.54, 1.807) is 12.4 Å². The van der Waals surface area contributed by atoms with E-state index in [0.29, 0.717) is 49.1 Å². The van der Waals surface area contributed by atoms with Crippen molar-refractivity contribution in [1.29, 1.82) is 0 Å². The molecule has 0 atom stereocenters. The van der Waals surface area contributed by atoms with Gasteiger partial charge in [-0.05, 0) is 31.4 Å². The van der Waals surface area contributed by atoms with Crippen molar-refractivity contribution in [2.45, 2.75) is 19.3 Å². The molecule has 0 N–H and O–H groups in total. The molecule has 0 spiro atoms. The van der Waals surface area contributed by atoms with Gasteiger partial charge in [0.25, 0.3) is 5.91 Å². The number of thiazole rings is 1. The van der Waals surface area contributed by atoms with Gasteiger partial charge < -0.3 is 9.80 Å². The number of piperazine rings is 1. The number of hydrogen-bond acceptors (Lipinski definition) is 7. The fourth-order valence-electron chi connectivity index (χ4n) is 4.32. The first-order valence-electron chi connectivity index (χ1n) is 11.2. The van der Waals surface area contributed by atoms with Gasteiger partial charge in [0.1, 0.15) is 10.7 Å². The lowest BCUT2D eigenvalue weighted by Gasteiger charge is -2.36. The summed E-state index contributed by atoms with van der Waals surface area (Å²) in [6, 6.07) is 7.89. The van der Waals surface area contributed by atoms with Gasteiger partial charge in [-0.1, -0.05) is 12.1 Å². The molecule has 0 radical (unpaired) electrons. The molecule has 2 amide bonds. The zero-order chi connectivity index (χ0) is 21.9. The third-order valence-electron chi connectivity index (χ3n) is 6.12. The van der Waals surface area contributed by atoms with Gasteiger partial charge in [0.15, 0.2) is 5.69 Å². The highest BCUT2D eigenvalue weighted by atomic mass is 32.1. The molecular weight excluding hydrogens is 424 g/mol. The molecule has 0 unspecified atom stereocenters. The van der Waals surface area contributed by atoms with E-state index in [-0.39, 0.29) is 11.8 Å². The second kappa shape index (κ2) is 9.30. The highest BCUT2D eigenvalue weighted by Crippen LogP contribution is 2.30. The highest BCUT2D eigenvalue weighted by molar-refractivity contribution is 7.21. The normalized spacial score (nSPS) is 17.6. The van der Waals surface area contributed by atoms with Crippen LogP contribution in [0.1, 0.15) is 29.8 Å². The number of carbonyl (C=O) groups is 2. The minimum absolute atomic E-state index is 0.130. The first-order chi connectivity index (χ1) is 15.7. The van der Waals surface area contributed by atoms with Gasteiger partial charge in [-0.2, -0.15) is 0 Å².